The van der Waals surface area contributed by atoms with Crippen LogP contribution in [0.3, 0.4) is 0 Å². The molecule has 5 heteroatoms. The number of hydrogen-bond donors (Lipinski definition) is 0. The first-order valence-electron chi connectivity index (χ1n) is 8.47. The third-order valence-electron chi connectivity index (χ3n) is 4.47. The number of carbonyl (C=O) groups is 2. The van der Waals surface area contributed by atoms with Gasteiger partial charge >= 0.3 is 0 Å². The van der Waals surface area contributed by atoms with Gasteiger partial charge in [-0.05, 0) is 31.2 Å². The van der Waals surface area contributed by atoms with Crippen LogP contribution in [0.1, 0.15) is 13.3 Å². The molecule has 0 N–H and O–H groups in total. The first-order chi connectivity index (χ1) is 12.1. The lowest BCUT2D eigenvalue weighted by Crippen LogP contribution is -2.34. The number of benzene rings is 2. The molecule has 0 aliphatic carbocycles. The van der Waals surface area contributed by atoms with E-state index in [1.807, 2.05) is 61.5 Å². The molecule has 1 saturated heterocycles. The number of rotatable bonds is 5. The molecule has 0 aromatic heterocycles. The SMILES string of the molecule is CCN1C[C@H](C(=O)N(C)c2ccccc2Oc2ccccc2)CC1=O. The van der Waals surface area contributed by atoms with Crippen LogP contribution in [-0.2, 0) is 9.59 Å². The maximum atomic E-state index is 12.8. The fourth-order valence-electron chi connectivity index (χ4n) is 3.07. The van der Waals surface area contributed by atoms with Gasteiger partial charge in [-0.2, -0.15) is 0 Å². The van der Waals surface area contributed by atoms with Gasteiger partial charge in [-0.1, -0.05) is 30.3 Å². The van der Waals surface area contributed by atoms with Crippen molar-refractivity contribution in [3.05, 3.63) is 54.6 Å². The van der Waals surface area contributed by atoms with E-state index in [1.165, 1.54) is 0 Å². The van der Waals surface area contributed by atoms with Gasteiger partial charge < -0.3 is 14.5 Å². The third-order valence-corrected chi connectivity index (χ3v) is 4.47. The molecule has 2 aromatic carbocycles. The van der Waals surface area contributed by atoms with Crippen molar-refractivity contribution in [1.29, 1.82) is 0 Å². The van der Waals surface area contributed by atoms with Crippen LogP contribution in [0.25, 0.3) is 0 Å². The molecule has 1 aliphatic heterocycles. The Morgan fingerprint density at radius 2 is 1.84 bits per heavy atom. The fourth-order valence-corrected chi connectivity index (χ4v) is 3.07. The molecule has 1 atom stereocenters. The summed E-state index contributed by atoms with van der Waals surface area (Å²) in [7, 11) is 1.73. The van der Waals surface area contributed by atoms with Crippen LogP contribution in [-0.4, -0.2) is 36.9 Å². The van der Waals surface area contributed by atoms with Crippen LogP contribution in [0.2, 0.25) is 0 Å². The van der Waals surface area contributed by atoms with E-state index in [4.69, 9.17) is 4.74 Å². The van der Waals surface area contributed by atoms with E-state index in [0.717, 1.165) is 0 Å². The number of hydrogen-bond acceptors (Lipinski definition) is 3. The highest BCUT2D eigenvalue weighted by Gasteiger charge is 2.35. The molecule has 1 heterocycles. The van der Waals surface area contributed by atoms with Crippen molar-refractivity contribution in [2.45, 2.75) is 13.3 Å². The smallest absolute Gasteiger partial charge is 0.232 e. The van der Waals surface area contributed by atoms with Gasteiger partial charge in [0.2, 0.25) is 11.8 Å². The van der Waals surface area contributed by atoms with E-state index >= 15 is 0 Å². The van der Waals surface area contributed by atoms with Crippen LogP contribution in [0.5, 0.6) is 11.5 Å². The average molecular weight is 338 g/mol. The van der Waals surface area contributed by atoms with Crippen molar-refractivity contribution >= 4 is 17.5 Å². The van der Waals surface area contributed by atoms with Gasteiger partial charge in [0.05, 0.1) is 11.6 Å². The highest BCUT2D eigenvalue weighted by atomic mass is 16.5. The van der Waals surface area contributed by atoms with Crippen molar-refractivity contribution in [2.75, 3.05) is 25.0 Å². The van der Waals surface area contributed by atoms with Gasteiger partial charge in [-0.3, -0.25) is 9.59 Å². The second-order valence-electron chi connectivity index (χ2n) is 6.11. The predicted molar refractivity (Wildman–Crippen MR) is 96.7 cm³/mol. The predicted octanol–water partition coefficient (Wildman–Crippen LogP) is 3.31. The molecule has 5 nitrogen and oxygen atoms in total. The van der Waals surface area contributed by atoms with Crippen LogP contribution >= 0.6 is 0 Å². The van der Waals surface area contributed by atoms with E-state index in [1.54, 1.807) is 16.8 Å². The van der Waals surface area contributed by atoms with Gasteiger partial charge in [-0.25, -0.2) is 0 Å². The first-order valence-corrected chi connectivity index (χ1v) is 8.47. The molecule has 0 bridgehead atoms. The molecule has 25 heavy (non-hydrogen) atoms. The van der Waals surface area contributed by atoms with Gasteiger partial charge in [0.25, 0.3) is 0 Å². The Balaban J connectivity index is 1.79. The number of carbonyl (C=O) groups excluding carboxylic acids is 2. The number of nitrogens with zero attached hydrogens (tertiary/aromatic N) is 2. The van der Waals surface area contributed by atoms with E-state index in [2.05, 4.69) is 0 Å². The van der Waals surface area contributed by atoms with Gasteiger partial charge in [-0.15, -0.1) is 0 Å². The second kappa shape index (κ2) is 7.38. The average Bonchev–Trinajstić information content (AvgIpc) is 3.02. The lowest BCUT2D eigenvalue weighted by Gasteiger charge is -2.23. The van der Waals surface area contributed by atoms with E-state index in [-0.39, 0.29) is 24.2 Å². The summed E-state index contributed by atoms with van der Waals surface area (Å²) in [4.78, 5) is 28.1. The molecule has 0 radical (unpaired) electrons. The Labute approximate surface area is 147 Å². The quantitative estimate of drug-likeness (QED) is 0.840. The number of likely N-dealkylation sites (tertiary alicyclic amines) is 1. The number of para-hydroxylation sites is 3. The minimum absolute atomic E-state index is 0.0445. The van der Waals surface area contributed by atoms with Crippen molar-refractivity contribution in [1.82, 2.24) is 4.90 Å². The molecular formula is C20H22N2O3. The Morgan fingerprint density at radius 3 is 2.52 bits per heavy atom. The number of amides is 2. The lowest BCUT2D eigenvalue weighted by molar-refractivity contribution is -0.128. The maximum Gasteiger partial charge on any atom is 0.232 e. The molecular weight excluding hydrogens is 316 g/mol. The Hall–Kier alpha value is -2.82. The van der Waals surface area contributed by atoms with Crippen LogP contribution in [0.15, 0.2) is 54.6 Å². The summed E-state index contributed by atoms with van der Waals surface area (Å²) in [5.41, 5.74) is 0.693. The summed E-state index contributed by atoms with van der Waals surface area (Å²) < 4.78 is 5.94. The minimum atomic E-state index is -0.303. The van der Waals surface area contributed by atoms with Crippen LogP contribution < -0.4 is 9.64 Å². The summed E-state index contributed by atoms with van der Waals surface area (Å²) in [5, 5.41) is 0. The fraction of sp³-hybridized carbons (Fsp3) is 0.300. The topological polar surface area (TPSA) is 49.9 Å². The lowest BCUT2D eigenvalue weighted by atomic mass is 10.1. The van der Waals surface area contributed by atoms with Crippen LogP contribution in [0.4, 0.5) is 5.69 Å². The van der Waals surface area contributed by atoms with Crippen molar-refractivity contribution in [3.63, 3.8) is 0 Å². The zero-order valence-electron chi connectivity index (χ0n) is 14.5. The molecule has 0 unspecified atom stereocenters. The van der Waals surface area contributed by atoms with Crippen molar-refractivity contribution in [3.8, 4) is 11.5 Å². The summed E-state index contributed by atoms with van der Waals surface area (Å²) in [6.07, 6.45) is 0.277. The normalized spacial score (nSPS) is 16.8. The van der Waals surface area contributed by atoms with E-state index < -0.39 is 0 Å². The standard InChI is InChI=1S/C20H22N2O3/c1-3-22-14-15(13-19(22)23)20(24)21(2)17-11-7-8-12-18(17)25-16-9-5-4-6-10-16/h4-12,15H,3,13-14H2,1-2H3/t15-/m1/s1. The first kappa shape index (κ1) is 17.0. The molecule has 130 valence electrons. The maximum absolute atomic E-state index is 12.8. The third kappa shape index (κ3) is 3.65. The molecule has 1 aliphatic rings. The second-order valence-corrected chi connectivity index (χ2v) is 6.11. The zero-order chi connectivity index (χ0) is 17.8. The van der Waals surface area contributed by atoms with Crippen LogP contribution in [0, 0.1) is 5.92 Å². The molecule has 2 amide bonds. The summed E-state index contributed by atoms with van der Waals surface area (Å²) in [5.74, 6) is 1.00. The minimum Gasteiger partial charge on any atom is -0.455 e. The van der Waals surface area contributed by atoms with Gasteiger partial charge in [0.1, 0.15) is 5.75 Å². The molecule has 1 fully saturated rings. The van der Waals surface area contributed by atoms with Crippen molar-refractivity contribution < 1.29 is 14.3 Å². The zero-order valence-corrected chi connectivity index (χ0v) is 14.5. The summed E-state index contributed by atoms with van der Waals surface area (Å²) in [6.45, 7) is 3.05. The Morgan fingerprint density at radius 1 is 1.16 bits per heavy atom. The van der Waals surface area contributed by atoms with E-state index in [9.17, 15) is 9.59 Å². The Kier molecular flexibility index (Phi) is 5.03. The van der Waals surface area contributed by atoms with Crippen molar-refractivity contribution in [2.24, 2.45) is 5.92 Å². The van der Waals surface area contributed by atoms with Gasteiger partial charge in [0.15, 0.2) is 5.75 Å². The largest absolute Gasteiger partial charge is 0.455 e. The molecule has 0 spiro atoms. The Bertz CT molecular complexity index is 761. The number of anilines is 1. The molecule has 0 saturated carbocycles. The number of ether oxygens (including phenoxy) is 1. The summed E-state index contributed by atoms with van der Waals surface area (Å²) >= 11 is 0. The summed E-state index contributed by atoms with van der Waals surface area (Å²) in [6, 6.07) is 16.9. The van der Waals surface area contributed by atoms with E-state index in [0.29, 0.717) is 30.3 Å². The molecule has 3 rings (SSSR count). The highest BCUT2D eigenvalue weighted by molar-refractivity contribution is 5.99. The monoisotopic (exact) mass is 338 g/mol. The molecule has 2 aromatic rings. The van der Waals surface area contributed by atoms with Gasteiger partial charge in [0, 0.05) is 26.6 Å². The highest BCUT2D eigenvalue weighted by Crippen LogP contribution is 2.33.